The maximum atomic E-state index is 12.5. The molecule has 26 heavy (non-hydrogen) atoms. The molecule has 1 fully saturated rings. The minimum atomic E-state index is -1.00. The molecule has 1 aliphatic heterocycles. The fraction of sp³-hybridized carbons (Fsp3) is 0.389. The molecule has 136 valence electrons. The molecule has 0 saturated carbocycles. The van der Waals surface area contributed by atoms with E-state index in [0.29, 0.717) is 18.4 Å². The second-order valence-electron chi connectivity index (χ2n) is 6.41. The number of nitro groups is 1. The Morgan fingerprint density at radius 1 is 1.19 bits per heavy atom. The summed E-state index contributed by atoms with van der Waals surface area (Å²) < 4.78 is 5.18. The summed E-state index contributed by atoms with van der Waals surface area (Å²) in [4.78, 5) is 48.4. The molecule has 2 amide bonds. The number of allylic oxidation sites excluding steroid dienone is 2. The summed E-state index contributed by atoms with van der Waals surface area (Å²) in [6.45, 7) is 1.38. The van der Waals surface area contributed by atoms with Crippen LogP contribution < -0.4 is 0 Å². The summed E-state index contributed by atoms with van der Waals surface area (Å²) in [5, 5.41) is 10.6. The molecule has 1 aliphatic carbocycles. The molecule has 1 aromatic rings. The van der Waals surface area contributed by atoms with Gasteiger partial charge < -0.3 is 4.74 Å². The maximum absolute atomic E-state index is 12.5. The van der Waals surface area contributed by atoms with E-state index in [1.165, 1.54) is 31.2 Å². The van der Waals surface area contributed by atoms with Crippen LogP contribution in [0.1, 0.15) is 25.3 Å². The van der Waals surface area contributed by atoms with E-state index < -0.39 is 28.8 Å². The number of nitrogens with zero attached hydrogens (tertiary/aromatic N) is 2. The molecule has 1 saturated heterocycles. The molecule has 8 nitrogen and oxygen atoms in total. The number of amides is 2. The van der Waals surface area contributed by atoms with Crippen molar-refractivity contribution in [2.24, 2.45) is 11.8 Å². The molecule has 1 heterocycles. The third-order valence-corrected chi connectivity index (χ3v) is 4.80. The van der Waals surface area contributed by atoms with Gasteiger partial charge in [0.25, 0.3) is 5.69 Å². The van der Waals surface area contributed by atoms with Gasteiger partial charge in [-0.3, -0.25) is 24.6 Å². The van der Waals surface area contributed by atoms with Gasteiger partial charge in [-0.1, -0.05) is 12.2 Å². The summed E-state index contributed by atoms with van der Waals surface area (Å²) >= 11 is 0. The first-order valence-electron chi connectivity index (χ1n) is 8.32. The molecule has 3 atom stereocenters. The highest BCUT2D eigenvalue weighted by Crippen LogP contribution is 2.36. The first kappa shape index (κ1) is 17.8. The molecule has 2 aliphatic rings. The van der Waals surface area contributed by atoms with Crippen LogP contribution in [0.4, 0.5) is 5.69 Å². The van der Waals surface area contributed by atoms with Gasteiger partial charge in [-0.2, -0.15) is 0 Å². The first-order chi connectivity index (χ1) is 12.4. The second kappa shape index (κ2) is 7.07. The number of non-ortho nitro benzene ring substituents is 1. The van der Waals surface area contributed by atoms with E-state index in [4.69, 9.17) is 4.74 Å². The van der Waals surface area contributed by atoms with Crippen LogP contribution in [0.15, 0.2) is 36.4 Å². The van der Waals surface area contributed by atoms with Crippen LogP contribution in [0.3, 0.4) is 0 Å². The molecular formula is C18H18N2O6. The predicted octanol–water partition coefficient (Wildman–Crippen LogP) is 1.98. The van der Waals surface area contributed by atoms with Gasteiger partial charge in [0.05, 0.1) is 16.8 Å². The fourth-order valence-corrected chi connectivity index (χ4v) is 3.30. The van der Waals surface area contributed by atoms with Gasteiger partial charge in [0.2, 0.25) is 11.8 Å². The average molecular weight is 358 g/mol. The third kappa shape index (κ3) is 3.22. The van der Waals surface area contributed by atoms with E-state index in [2.05, 4.69) is 0 Å². The highest BCUT2D eigenvalue weighted by molar-refractivity contribution is 6.08. The molecule has 0 radical (unpaired) electrons. The average Bonchev–Trinajstić information content (AvgIpc) is 2.90. The molecule has 3 rings (SSSR count). The van der Waals surface area contributed by atoms with Gasteiger partial charge in [-0.25, -0.2) is 4.79 Å². The zero-order chi connectivity index (χ0) is 18.8. The third-order valence-electron chi connectivity index (χ3n) is 4.80. The van der Waals surface area contributed by atoms with Crippen LogP contribution in [0.2, 0.25) is 0 Å². The van der Waals surface area contributed by atoms with Crippen molar-refractivity contribution in [1.82, 2.24) is 4.90 Å². The number of fused-ring (bicyclic) bond motifs is 1. The largest absolute Gasteiger partial charge is 0.459 e. The Labute approximate surface area is 149 Å². The summed E-state index contributed by atoms with van der Waals surface area (Å²) in [6, 6.07) is 4.61. The van der Waals surface area contributed by atoms with Crippen molar-refractivity contribution < 1.29 is 24.0 Å². The van der Waals surface area contributed by atoms with Crippen molar-refractivity contribution in [2.75, 3.05) is 0 Å². The van der Waals surface area contributed by atoms with Crippen molar-refractivity contribution in [3.05, 3.63) is 52.1 Å². The number of nitro benzene ring substituents is 1. The number of hydrogen-bond donors (Lipinski definition) is 0. The summed E-state index contributed by atoms with van der Waals surface area (Å²) in [6.07, 6.45) is 4.79. The SMILES string of the molecule is C[C@@H](C(=O)OCc1ccc([N+](=O)[O-])cc1)N1C(=O)[C@H]2CC=CC[C@@H]2C1=O. The number of benzene rings is 1. The topological polar surface area (TPSA) is 107 Å². The Kier molecular flexibility index (Phi) is 4.83. The summed E-state index contributed by atoms with van der Waals surface area (Å²) in [7, 11) is 0. The molecular weight excluding hydrogens is 340 g/mol. The normalized spacial score (nSPS) is 22.9. The van der Waals surface area contributed by atoms with Crippen molar-refractivity contribution >= 4 is 23.5 Å². The van der Waals surface area contributed by atoms with E-state index in [9.17, 15) is 24.5 Å². The number of hydrogen-bond acceptors (Lipinski definition) is 6. The molecule has 0 aromatic heterocycles. The summed E-state index contributed by atoms with van der Waals surface area (Å²) in [5.74, 6) is -2.13. The van der Waals surface area contributed by atoms with E-state index in [-0.39, 0.29) is 24.1 Å². The van der Waals surface area contributed by atoms with E-state index in [0.717, 1.165) is 4.90 Å². The van der Waals surface area contributed by atoms with Gasteiger partial charge in [0.15, 0.2) is 0 Å². The minimum Gasteiger partial charge on any atom is -0.459 e. The number of carbonyl (C=O) groups excluding carboxylic acids is 3. The molecule has 0 spiro atoms. The molecule has 1 aromatic carbocycles. The minimum absolute atomic E-state index is 0.0575. The number of imide groups is 1. The number of rotatable bonds is 5. The predicted molar refractivity (Wildman–Crippen MR) is 89.6 cm³/mol. The fourth-order valence-electron chi connectivity index (χ4n) is 3.30. The van der Waals surface area contributed by atoms with E-state index >= 15 is 0 Å². The first-order valence-corrected chi connectivity index (χ1v) is 8.32. The van der Waals surface area contributed by atoms with Crippen molar-refractivity contribution in [3.8, 4) is 0 Å². The van der Waals surface area contributed by atoms with Crippen molar-refractivity contribution in [2.45, 2.75) is 32.4 Å². The Hall–Kier alpha value is -3.03. The van der Waals surface area contributed by atoms with Gasteiger partial charge >= 0.3 is 5.97 Å². The lowest BCUT2D eigenvalue weighted by atomic mass is 9.85. The highest BCUT2D eigenvalue weighted by atomic mass is 16.6. The van der Waals surface area contributed by atoms with Gasteiger partial charge in [0, 0.05) is 12.1 Å². The molecule has 8 heteroatoms. The van der Waals surface area contributed by atoms with Gasteiger partial charge in [-0.05, 0) is 37.5 Å². The second-order valence-corrected chi connectivity index (χ2v) is 6.41. The number of ether oxygens (including phenoxy) is 1. The maximum Gasteiger partial charge on any atom is 0.329 e. The standard InChI is InChI=1S/C18H18N2O6/c1-11(19-16(21)14-4-2-3-5-15(14)17(19)22)18(23)26-10-12-6-8-13(9-7-12)20(24)25/h2-3,6-9,11,14-15H,4-5,10H2,1H3/t11-,14-,15-/m0/s1. The zero-order valence-corrected chi connectivity index (χ0v) is 14.2. The lowest BCUT2D eigenvalue weighted by Gasteiger charge is -2.21. The van der Waals surface area contributed by atoms with Crippen LogP contribution >= 0.6 is 0 Å². The lowest BCUT2D eigenvalue weighted by Crippen LogP contribution is -2.44. The van der Waals surface area contributed by atoms with Crippen LogP contribution in [0.5, 0.6) is 0 Å². The highest BCUT2D eigenvalue weighted by Gasteiger charge is 2.50. The number of carbonyl (C=O) groups is 3. The summed E-state index contributed by atoms with van der Waals surface area (Å²) in [5.41, 5.74) is 0.519. The van der Waals surface area contributed by atoms with Gasteiger partial charge in [-0.15, -0.1) is 0 Å². The van der Waals surface area contributed by atoms with Gasteiger partial charge in [0.1, 0.15) is 12.6 Å². The zero-order valence-electron chi connectivity index (χ0n) is 14.2. The Morgan fingerprint density at radius 3 is 2.23 bits per heavy atom. The van der Waals surface area contributed by atoms with E-state index in [1.54, 1.807) is 0 Å². The Bertz CT molecular complexity index is 759. The van der Waals surface area contributed by atoms with Crippen LogP contribution in [0, 0.1) is 22.0 Å². The smallest absolute Gasteiger partial charge is 0.329 e. The number of likely N-dealkylation sites (tertiary alicyclic amines) is 1. The van der Waals surface area contributed by atoms with Crippen LogP contribution in [-0.4, -0.2) is 33.6 Å². The Morgan fingerprint density at radius 2 is 1.73 bits per heavy atom. The van der Waals surface area contributed by atoms with Crippen LogP contribution in [0.25, 0.3) is 0 Å². The van der Waals surface area contributed by atoms with E-state index in [1.807, 2.05) is 12.2 Å². The molecule has 0 N–H and O–H groups in total. The quantitative estimate of drug-likeness (QED) is 0.262. The number of esters is 1. The monoisotopic (exact) mass is 358 g/mol. The van der Waals surface area contributed by atoms with Crippen LogP contribution in [-0.2, 0) is 25.7 Å². The van der Waals surface area contributed by atoms with Crippen molar-refractivity contribution in [1.29, 1.82) is 0 Å². The Balaban J connectivity index is 1.62. The van der Waals surface area contributed by atoms with Crippen molar-refractivity contribution in [3.63, 3.8) is 0 Å². The molecule has 0 bridgehead atoms. The lowest BCUT2D eigenvalue weighted by molar-refractivity contribution is -0.384. The molecule has 0 unspecified atom stereocenters.